The highest BCUT2D eigenvalue weighted by atomic mass is 16.5. The second-order valence-electron chi connectivity index (χ2n) is 4.60. The highest BCUT2D eigenvalue weighted by Gasteiger charge is 2.14. The third-order valence-corrected chi connectivity index (χ3v) is 3.11. The van der Waals surface area contributed by atoms with Gasteiger partial charge in [-0.1, -0.05) is 0 Å². The fraction of sp³-hybridized carbons (Fsp3) is 1.00. The molecule has 1 heterocycles. The number of nitrogens with two attached hydrogens (primary N) is 2. The first-order valence-corrected chi connectivity index (χ1v) is 5.94. The minimum atomic E-state index is 0.115. The molecule has 1 fully saturated rings. The summed E-state index contributed by atoms with van der Waals surface area (Å²) in [5, 5.41) is 0. The molecule has 0 aromatic carbocycles. The van der Waals surface area contributed by atoms with Gasteiger partial charge in [0.05, 0.1) is 0 Å². The van der Waals surface area contributed by atoms with Crippen LogP contribution in [0.15, 0.2) is 0 Å². The third-order valence-electron chi connectivity index (χ3n) is 3.11. The first-order chi connectivity index (χ1) is 7.22. The molecule has 0 spiro atoms. The maximum absolute atomic E-state index is 5.80. The van der Waals surface area contributed by atoms with E-state index in [-0.39, 0.29) is 6.04 Å². The third kappa shape index (κ3) is 5.47. The molecule has 0 aliphatic carbocycles. The van der Waals surface area contributed by atoms with E-state index in [1.54, 1.807) is 0 Å². The molecule has 1 rings (SSSR count). The van der Waals surface area contributed by atoms with Crippen LogP contribution in [0.2, 0.25) is 0 Å². The number of nitrogens with zero attached hydrogens (tertiary/aromatic N) is 1. The predicted octanol–water partition coefficient (Wildman–Crippen LogP) is 0.0209. The molecule has 90 valence electrons. The van der Waals surface area contributed by atoms with Gasteiger partial charge in [0.1, 0.15) is 0 Å². The van der Waals surface area contributed by atoms with Gasteiger partial charge in [-0.3, -0.25) is 0 Å². The van der Waals surface area contributed by atoms with Gasteiger partial charge in [-0.2, -0.15) is 0 Å². The summed E-state index contributed by atoms with van der Waals surface area (Å²) in [5.41, 5.74) is 11.3. The van der Waals surface area contributed by atoms with Crippen LogP contribution in [0.4, 0.5) is 0 Å². The zero-order valence-electron chi connectivity index (χ0n) is 9.82. The second kappa shape index (κ2) is 7.17. The summed E-state index contributed by atoms with van der Waals surface area (Å²) in [6, 6.07) is 0.115. The topological polar surface area (TPSA) is 64.5 Å². The van der Waals surface area contributed by atoms with E-state index in [1.165, 1.54) is 19.3 Å². The molecule has 1 saturated heterocycles. The second-order valence-corrected chi connectivity index (χ2v) is 4.60. The molecule has 15 heavy (non-hydrogen) atoms. The zero-order valence-corrected chi connectivity index (χ0v) is 9.82. The first-order valence-electron chi connectivity index (χ1n) is 5.94. The van der Waals surface area contributed by atoms with Gasteiger partial charge in [0.15, 0.2) is 0 Å². The van der Waals surface area contributed by atoms with Crippen molar-refractivity contribution in [1.29, 1.82) is 0 Å². The van der Waals surface area contributed by atoms with Crippen LogP contribution >= 0.6 is 0 Å². The zero-order chi connectivity index (χ0) is 11.1. The minimum absolute atomic E-state index is 0.115. The Kier molecular flexibility index (Phi) is 6.17. The van der Waals surface area contributed by atoms with Crippen LogP contribution in [-0.2, 0) is 4.74 Å². The number of hydrogen-bond acceptors (Lipinski definition) is 4. The van der Waals surface area contributed by atoms with Gasteiger partial charge < -0.3 is 21.1 Å². The van der Waals surface area contributed by atoms with Gasteiger partial charge >= 0.3 is 0 Å². The molecule has 1 aliphatic rings. The first kappa shape index (κ1) is 12.9. The van der Waals surface area contributed by atoms with Crippen molar-refractivity contribution in [3.8, 4) is 0 Å². The lowest BCUT2D eigenvalue weighted by Gasteiger charge is -2.25. The Balaban J connectivity index is 2.07. The Morgan fingerprint density at radius 2 is 2.07 bits per heavy atom. The molecule has 1 aliphatic heterocycles. The molecule has 4 nitrogen and oxygen atoms in total. The number of hydrogen-bond donors (Lipinski definition) is 2. The van der Waals surface area contributed by atoms with E-state index in [2.05, 4.69) is 11.9 Å². The molecular weight excluding hydrogens is 190 g/mol. The lowest BCUT2D eigenvalue weighted by Crippen LogP contribution is -2.41. The maximum Gasteiger partial charge on any atom is 0.0468 e. The van der Waals surface area contributed by atoms with Crippen molar-refractivity contribution < 1.29 is 4.74 Å². The van der Waals surface area contributed by atoms with Crippen molar-refractivity contribution in [2.45, 2.75) is 25.3 Å². The van der Waals surface area contributed by atoms with E-state index < -0.39 is 0 Å². The minimum Gasteiger partial charge on any atom is -0.381 e. The van der Waals surface area contributed by atoms with Gasteiger partial charge in [-0.25, -0.2) is 0 Å². The largest absolute Gasteiger partial charge is 0.381 e. The van der Waals surface area contributed by atoms with Gasteiger partial charge in [0.25, 0.3) is 0 Å². The van der Waals surface area contributed by atoms with Crippen molar-refractivity contribution in [2.75, 3.05) is 39.9 Å². The van der Waals surface area contributed by atoms with Gasteiger partial charge in [0.2, 0.25) is 0 Å². The smallest absolute Gasteiger partial charge is 0.0468 e. The van der Waals surface area contributed by atoms with Crippen LogP contribution in [0, 0.1) is 5.92 Å². The van der Waals surface area contributed by atoms with Crippen LogP contribution in [0.25, 0.3) is 0 Å². The van der Waals surface area contributed by atoms with E-state index in [9.17, 15) is 0 Å². The molecule has 0 amide bonds. The molecule has 0 aromatic heterocycles. The highest BCUT2D eigenvalue weighted by Crippen LogP contribution is 2.18. The summed E-state index contributed by atoms with van der Waals surface area (Å²) < 4.78 is 5.34. The Morgan fingerprint density at radius 1 is 1.40 bits per heavy atom. The molecule has 0 radical (unpaired) electrons. The lowest BCUT2D eigenvalue weighted by atomic mass is 9.96. The van der Waals surface area contributed by atoms with Gasteiger partial charge in [0, 0.05) is 32.3 Å². The Labute approximate surface area is 92.9 Å². The molecule has 1 atom stereocenters. The fourth-order valence-electron chi connectivity index (χ4n) is 2.00. The van der Waals surface area contributed by atoms with E-state index in [1.807, 2.05) is 0 Å². The van der Waals surface area contributed by atoms with E-state index in [0.717, 1.165) is 32.2 Å². The Hall–Kier alpha value is -0.160. The molecular formula is C11H25N3O. The number of likely N-dealkylation sites (N-methyl/N-ethyl adjacent to an activating group) is 1. The fourth-order valence-corrected chi connectivity index (χ4v) is 2.00. The summed E-state index contributed by atoms with van der Waals surface area (Å²) in [4.78, 5) is 2.28. The van der Waals surface area contributed by atoms with Crippen LogP contribution in [0.3, 0.4) is 0 Å². The van der Waals surface area contributed by atoms with Crippen molar-refractivity contribution in [2.24, 2.45) is 17.4 Å². The monoisotopic (exact) mass is 215 g/mol. The van der Waals surface area contributed by atoms with Crippen LogP contribution < -0.4 is 11.5 Å². The normalized spacial score (nSPS) is 20.8. The molecule has 4 N–H and O–H groups in total. The predicted molar refractivity (Wildman–Crippen MR) is 62.7 cm³/mol. The summed E-state index contributed by atoms with van der Waals surface area (Å²) in [6.45, 7) is 4.48. The van der Waals surface area contributed by atoms with Gasteiger partial charge in [-0.15, -0.1) is 0 Å². The van der Waals surface area contributed by atoms with Crippen molar-refractivity contribution in [3.63, 3.8) is 0 Å². The van der Waals surface area contributed by atoms with Crippen molar-refractivity contribution in [3.05, 3.63) is 0 Å². The van der Waals surface area contributed by atoms with Crippen LogP contribution in [0.1, 0.15) is 19.3 Å². The quantitative estimate of drug-likeness (QED) is 0.655. The molecule has 1 unspecified atom stereocenters. The average molecular weight is 215 g/mol. The Bertz CT molecular complexity index is 160. The Morgan fingerprint density at radius 3 is 2.67 bits per heavy atom. The summed E-state index contributed by atoms with van der Waals surface area (Å²) >= 11 is 0. The van der Waals surface area contributed by atoms with E-state index in [4.69, 9.17) is 16.2 Å². The van der Waals surface area contributed by atoms with Crippen molar-refractivity contribution in [1.82, 2.24) is 4.90 Å². The van der Waals surface area contributed by atoms with Crippen LogP contribution in [-0.4, -0.2) is 50.8 Å². The summed E-state index contributed by atoms with van der Waals surface area (Å²) in [7, 11) is 2.12. The summed E-state index contributed by atoms with van der Waals surface area (Å²) in [6.07, 6.45) is 3.70. The number of ether oxygens (including phenoxy) is 1. The van der Waals surface area contributed by atoms with E-state index >= 15 is 0 Å². The van der Waals surface area contributed by atoms with Crippen molar-refractivity contribution >= 4 is 0 Å². The standard InChI is InChI=1S/C11H25N3O/c1-14(9-11(13)8-12)5-2-10-3-6-15-7-4-10/h10-11H,2-9,12-13H2,1H3. The van der Waals surface area contributed by atoms with Gasteiger partial charge in [-0.05, 0) is 38.8 Å². The maximum atomic E-state index is 5.80. The average Bonchev–Trinajstić information content (AvgIpc) is 2.27. The highest BCUT2D eigenvalue weighted by molar-refractivity contribution is 4.69. The summed E-state index contributed by atoms with van der Waals surface area (Å²) in [5.74, 6) is 0.843. The molecule has 4 heteroatoms. The number of rotatable bonds is 6. The lowest BCUT2D eigenvalue weighted by molar-refractivity contribution is 0.0609. The van der Waals surface area contributed by atoms with Crippen LogP contribution in [0.5, 0.6) is 0 Å². The van der Waals surface area contributed by atoms with E-state index in [0.29, 0.717) is 6.54 Å². The molecule has 0 bridgehead atoms. The molecule has 0 saturated carbocycles. The SMILES string of the molecule is CN(CCC1CCOCC1)CC(N)CN. The molecule has 0 aromatic rings.